The molecule has 1 aromatic carbocycles. The Kier molecular flexibility index (Phi) is 11.9. The van der Waals surface area contributed by atoms with Crippen molar-refractivity contribution in [1.29, 1.82) is 0 Å². The van der Waals surface area contributed by atoms with E-state index < -0.39 is 47.1 Å². The van der Waals surface area contributed by atoms with E-state index in [1.165, 1.54) is 0 Å². The quantitative estimate of drug-likeness (QED) is 0.140. The molecular formula is C38H55N3O7. The molecule has 2 N–H and O–H groups in total. The zero-order valence-electron chi connectivity index (χ0n) is 29.4. The highest BCUT2D eigenvalue weighted by Gasteiger charge is 2.74. The third-order valence-corrected chi connectivity index (χ3v) is 9.90. The lowest BCUT2D eigenvalue weighted by Gasteiger charge is -2.45. The molecule has 3 amide bonds. The van der Waals surface area contributed by atoms with E-state index in [9.17, 15) is 24.3 Å². The van der Waals surface area contributed by atoms with Crippen molar-refractivity contribution in [2.24, 2.45) is 17.3 Å². The first kappa shape index (κ1) is 37.3. The van der Waals surface area contributed by atoms with Gasteiger partial charge < -0.3 is 29.7 Å². The van der Waals surface area contributed by atoms with Gasteiger partial charge in [0.1, 0.15) is 18.2 Å². The van der Waals surface area contributed by atoms with E-state index in [2.05, 4.69) is 39.2 Å². The van der Waals surface area contributed by atoms with Crippen molar-refractivity contribution in [2.45, 2.75) is 109 Å². The van der Waals surface area contributed by atoms with E-state index in [-0.39, 0.29) is 49.3 Å². The lowest BCUT2D eigenvalue weighted by atomic mass is 9.70. The number of likely N-dealkylation sites (tertiary alicyclic amines) is 1. The monoisotopic (exact) mass is 665 g/mol. The molecule has 48 heavy (non-hydrogen) atoms. The average molecular weight is 666 g/mol. The molecule has 2 bridgehead atoms. The van der Waals surface area contributed by atoms with Crippen LogP contribution in [-0.2, 0) is 28.7 Å². The number of hydrogen-bond acceptors (Lipinski definition) is 7. The highest BCUT2D eigenvalue weighted by Crippen LogP contribution is 2.59. The number of aliphatic hydroxyl groups is 1. The van der Waals surface area contributed by atoms with Crippen molar-refractivity contribution in [2.75, 3.05) is 26.3 Å². The predicted molar refractivity (Wildman–Crippen MR) is 183 cm³/mol. The molecule has 10 heteroatoms. The fraction of sp³-hybridized carbons (Fsp3) is 0.632. The Morgan fingerprint density at radius 2 is 1.85 bits per heavy atom. The van der Waals surface area contributed by atoms with E-state index in [0.29, 0.717) is 38.6 Å². The Bertz CT molecular complexity index is 1340. The highest BCUT2D eigenvalue weighted by molar-refractivity contribution is 5.99. The van der Waals surface area contributed by atoms with Gasteiger partial charge in [0, 0.05) is 31.7 Å². The van der Waals surface area contributed by atoms with Crippen LogP contribution in [0.4, 0.5) is 0 Å². The third kappa shape index (κ3) is 7.86. The number of fused-ring (bicyclic) bond motifs is 1. The number of carbonyl (C=O) groups is 4. The number of hydrogen-bond donors (Lipinski definition) is 2. The average Bonchev–Trinajstić information content (AvgIpc) is 3.67. The zero-order valence-corrected chi connectivity index (χ0v) is 29.4. The molecule has 0 aromatic heterocycles. The minimum atomic E-state index is -1.16. The van der Waals surface area contributed by atoms with Crippen LogP contribution < -0.4 is 5.32 Å². The predicted octanol–water partition coefficient (Wildman–Crippen LogP) is 4.73. The van der Waals surface area contributed by atoms with Crippen molar-refractivity contribution in [3.63, 3.8) is 0 Å². The van der Waals surface area contributed by atoms with Gasteiger partial charge in [0.25, 0.3) is 0 Å². The van der Waals surface area contributed by atoms with Gasteiger partial charge in [-0.05, 0) is 63.4 Å². The smallest absolute Gasteiger partial charge is 0.306 e. The van der Waals surface area contributed by atoms with Gasteiger partial charge in [-0.15, -0.1) is 13.2 Å². The maximum atomic E-state index is 14.8. The largest absolute Gasteiger partial charge is 0.463 e. The van der Waals surface area contributed by atoms with Gasteiger partial charge in [0.2, 0.25) is 17.7 Å². The van der Waals surface area contributed by atoms with Crippen LogP contribution >= 0.6 is 0 Å². The molecule has 3 aliphatic rings. The molecule has 10 nitrogen and oxygen atoms in total. The summed E-state index contributed by atoms with van der Waals surface area (Å²) < 4.78 is 12.2. The van der Waals surface area contributed by atoms with Crippen LogP contribution in [0.15, 0.2) is 55.6 Å². The third-order valence-electron chi connectivity index (χ3n) is 9.90. The summed E-state index contributed by atoms with van der Waals surface area (Å²) in [5.74, 6) is -2.90. The molecular weight excluding hydrogens is 610 g/mol. The van der Waals surface area contributed by atoms with Gasteiger partial charge in [-0.25, -0.2) is 0 Å². The van der Waals surface area contributed by atoms with Crippen molar-refractivity contribution < 1.29 is 33.8 Å². The molecule has 3 saturated heterocycles. The van der Waals surface area contributed by atoms with Gasteiger partial charge in [-0.3, -0.25) is 19.2 Å². The van der Waals surface area contributed by atoms with Crippen LogP contribution in [0.3, 0.4) is 0 Å². The molecule has 0 unspecified atom stereocenters. The summed E-state index contributed by atoms with van der Waals surface area (Å²) in [5, 5.41) is 12.6. The van der Waals surface area contributed by atoms with Crippen molar-refractivity contribution in [3.05, 3.63) is 61.2 Å². The van der Waals surface area contributed by atoms with Crippen LogP contribution in [0.1, 0.15) is 91.2 Å². The van der Waals surface area contributed by atoms with Crippen LogP contribution in [-0.4, -0.2) is 88.2 Å². The number of rotatable bonds is 17. The molecule has 6 atom stereocenters. The number of benzene rings is 1. The van der Waals surface area contributed by atoms with E-state index in [4.69, 9.17) is 9.47 Å². The standard InChI is InChI=1S/C38H55N3O7/c1-8-10-18-29(43)47-24-27(26-16-12-11-13-17-26)39-33(44)30-28-19-20-38(48-28)31(30)34(45)40(22-14-15-23-42)32(38)35(46)41(21-9-2)37(6,7)25-36(3,4)5/h8-9,11-13,16-17,27-28,30-32,42H,1-2,10,14-15,18-25H2,3-7H3,(H,39,44)/t27-,28+,30-,31-,32+,38-/m0/s1. The van der Waals surface area contributed by atoms with Crippen molar-refractivity contribution in [1.82, 2.24) is 15.1 Å². The number of nitrogens with one attached hydrogen (secondary N) is 1. The minimum absolute atomic E-state index is 0.0287. The van der Waals surface area contributed by atoms with Gasteiger partial charge in [0.05, 0.1) is 24.0 Å². The van der Waals surface area contributed by atoms with Gasteiger partial charge in [-0.1, -0.05) is 63.3 Å². The van der Waals surface area contributed by atoms with Crippen molar-refractivity contribution >= 4 is 23.7 Å². The Hall–Kier alpha value is -3.50. The number of allylic oxidation sites excluding steroid dienone is 1. The molecule has 3 fully saturated rings. The first-order chi connectivity index (χ1) is 22.7. The SMILES string of the molecule is C=CCCC(=O)OC[C@H](NC(=O)[C@@H]1[C@H]2C(=O)N(CCCCO)[C@H](C(=O)N(CC=C)C(C)(C)CC(C)(C)C)[C@]23CC[C@H]1O3)c1ccccc1. The normalized spacial score (nSPS) is 25.4. The highest BCUT2D eigenvalue weighted by atomic mass is 16.5. The lowest BCUT2D eigenvalue weighted by Crippen LogP contribution is -2.61. The fourth-order valence-electron chi connectivity index (χ4n) is 8.32. The summed E-state index contributed by atoms with van der Waals surface area (Å²) in [4.78, 5) is 59.4. The fourth-order valence-corrected chi connectivity index (χ4v) is 8.32. The zero-order chi connectivity index (χ0) is 35.3. The van der Waals surface area contributed by atoms with E-state index >= 15 is 0 Å². The number of unbranched alkanes of at least 4 members (excludes halogenated alkanes) is 1. The minimum Gasteiger partial charge on any atom is -0.463 e. The number of amides is 3. The maximum Gasteiger partial charge on any atom is 0.306 e. The first-order valence-electron chi connectivity index (χ1n) is 17.3. The van der Waals surface area contributed by atoms with Crippen LogP contribution in [0.5, 0.6) is 0 Å². The Morgan fingerprint density at radius 3 is 2.48 bits per heavy atom. The molecule has 1 aromatic rings. The van der Waals surface area contributed by atoms with Gasteiger partial charge in [0.15, 0.2) is 0 Å². The van der Waals surface area contributed by atoms with E-state index in [0.717, 1.165) is 12.0 Å². The second kappa shape index (κ2) is 15.4. The summed E-state index contributed by atoms with van der Waals surface area (Å²) in [6, 6.07) is 7.72. The number of esters is 1. The molecule has 3 aliphatic heterocycles. The van der Waals surface area contributed by atoms with Crippen LogP contribution in [0, 0.1) is 17.3 Å². The second-order valence-electron chi connectivity index (χ2n) is 15.3. The number of carbonyl (C=O) groups excluding carboxylic acids is 4. The number of aliphatic hydroxyl groups excluding tert-OH is 1. The van der Waals surface area contributed by atoms with Crippen LogP contribution in [0.2, 0.25) is 0 Å². The van der Waals surface area contributed by atoms with E-state index in [1.54, 1.807) is 17.1 Å². The number of ether oxygens (including phenoxy) is 2. The summed E-state index contributed by atoms with van der Waals surface area (Å²) in [6.45, 7) is 18.5. The summed E-state index contributed by atoms with van der Waals surface area (Å²) in [5.41, 5.74) is -1.02. The Balaban J connectivity index is 1.66. The molecule has 0 radical (unpaired) electrons. The molecule has 1 spiro atoms. The second-order valence-corrected chi connectivity index (χ2v) is 15.3. The molecule has 0 aliphatic carbocycles. The lowest BCUT2D eigenvalue weighted by molar-refractivity contribution is -0.153. The molecule has 264 valence electrons. The van der Waals surface area contributed by atoms with Gasteiger partial charge in [-0.2, -0.15) is 0 Å². The molecule has 3 heterocycles. The summed E-state index contributed by atoms with van der Waals surface area (Å²) >= 11 is 0. The Labute approximate surface area is 285 Å². The van der Waals surface area contributed by atoms with Gasteiger partial charge >= 0.3 is 5.97 Å². The molecule has 0 saturated carbocycles. The topological polar surface area (TPSA) is 125 Å². The molecule has 4 rings (SSSR count). The maximum absolute atomic E-state index is 14.8. The summed E-state index contributed by atoms with van der Waals surface area (Å²) in [7, 11) is 0. The Morgan fingerprint density at radius 1 is 1.15 bits per heavy atom. The van der Waals surface area contributed by atoms with Crippen LogP contribution in [0.25, 0.3) is 0 Å². The van der Waals surface area contributed by atoms with E-state index in [1.807, 2.05) is 49.1 Å². The number of nitrogens with zero attached hydrogens (tertiary/aromatic N) is 2. The first-order valence-corrected chi connectivity index (χ1v) is 17.3. The van der Waals surface area contributed by atoms with Crippen molar-refractivity contribution in [3.8, 4) is 0 Å². The summed E-state index contributed by atoms with van der Waals surface area (Å²) in [6.07, 6.45) is 6.22.